The largest absolute Gasteiger partial charge is 0.696 e. The van der Waals surface area contributed by atoms with E-state index in [0.717, 1.165) is 19.3 Å². The van der Waals surface area contributed by atoms with Crippen molar-refractivity contribution in [2.45, 2.75) is 25.8 Å². The second kappa shape index (κ2) is 6.06. The van der Waals surface area contributed by atoms with Crippen LogP contribution < -0.4 is 0 Å². The molecule has 1 aliphatic rings. The van der Waals surface area contributed by atoms with Gasteiger partial charge in [0.05, 0.1) is 20.1 Å². The molecule has 2 nitrogen and oxygen atoms in total. The van der Waals surface area contributed by atoms with Gasteiger partial charge < -0.3 is 12.6 Å². The number of nitriles is 1. The molecule has 0 radical (unpaired) electrons. The van der Waals surface area contributed by atoms with Crippen LogP contribution in [0, 0.1) is 10.7 Å². The number of hydrogen-bond donors (Lipinski definition) is 0. The molecule has 0 saturated carbocycles. The third-order valence-electron chi connectivity index (χ3n) is 2.31. The quantitative estimate of drug-likeness (QED) is 0.284. The van der Waals surface area contributed by atoms with Gasteiger partial charge in [-0.25, -0.2) is 5.26 Å². The molecule has 13 heavy (non-hydrogen) atoms. The fourth-order valence-corrected chi connectivity index (χ4v) is 1.43. The molecule has 0 aromatic carbocycles. The van der Waals surface area contributed by atoms with Gasteiger partial charge in [0, 0.05) is 0 Å². The standard InChI is InChI=1S/C7H14F2N.CHNS/c1-10(7(8)9)5-3-2-4-6-10;2-1-3/h7H,2-6H2,1H3;3H/q+1;/p-1. The summed E-state index contributed by atoms with van der Waals surface area (Å²) in [7, 11) is 1.64. The molecule has 0 unspecified atom stereocenters. The fraction of sp³-hybridized carbons (Fsp3) is 0.875. The first kappa shape index (κ1) is 12.5. The van der Waals surface area contributed by atoms with Crippen molar-refractivity contribution in [3.63, 3.8) is 0 Å². The monoisotopic (exact) mass is 208 g/mol. The highest BCUT2D eigenvalue weighted by molar-refractivity contribution is 7.64. The summed E-state index contributed by atoms with van der Waals surface area (Å²) in [6.07, 6.45) is 3.04. The van der Waals surface area contributed by atoms with E-state index in [1.165, 1.54) is 5.40 Å². The molecule has 0 bridgehead atoms. The molecule has 1 rings (SSSR count). The van der Waals surface area contributed by atoms with Crippen molar-refractivity contribution >= 4 is 12.6 Å². The molecule has 0 aromatic heterocycles. The third-order valence-corrected chi connectivity index (χ3v) is 2.31. The first-order valence-corrected chi connectivity index (χ1v) is 4.61. The predicted molar refractivity (Wildman–Crippen MR) is 48.8 cm³/mol. The van der Waals surface area contributed by atoms with Crippen LogP contribution in [-0.2, 0) is 12.6 Å². The van der Waals surface area contributed by atoms with Crippen LogP contribution in [0.3, 0.4) is 0 Å². The normalized spacial score (nSPS) is 19.9. The highest BCUT2D eigenvalue weighted by atomic mass is 32.1. The average Bonchev–Trinajstić information content (AvgIpc) is 2.07. The number of rotatable bonds is 1. The smallest absolute Gasteiger partial charge is 0.380 e. The lowest BCUT2D eigenvalue weighted by atomic mass is 10.1. The fourth-order valence-electron chi connectivity index (χ4n) is 1.43. The number of likely N-dealkylation sites (tertiary alicyclic amines) is 1. The van der Waals surface area contributed by atoms with Crippen LogP contribution in [0.5, 0.6) is 0 Å². The van der Waals surface area contributed by atoms with Gasteiger partial charge in [0.25, 0.3) is 0 Å². The van der Waals surface area contributed by atoms with Crippen LogP contribution in [0.15, 0.2) is 0 Å². The maximum absolute atomic E-state index is 12.3. The minimum absolute atomic E-state index is 0.0278. The molecule has 1 aliphatic heterocycles. The highest BCUT2D eigenvalue weighted by Crippen LogP contribution is 2.21. The van der Waals surface area contributed by atoms with Crippen molar-refractivity contribution < 1.29 is 13.3 Å². The number of quaternary nitrogens is 1. The van der Waals surface area contributed by atoms with Gasteiger partial charge in [-0.05, 0) is 19.3 Å². The number of halogens is 2. The van der Waals surface area contributed by atoms with Crippen LogP contribution in [0.1, 0.15) is 19.3 Å². The van der Waals surface area contributed by atoms with E-state index in [4.69, 9.17) is 5.26 Å². The Bertz CT molecular complexity index is 173. The van der Waals surface area contributed by atoms with Crippen molar-refractivity contribution in [1.82, 2.24) is 0 Å². The number of thiocyanates is 1. The molecule has 0 spiro atoms. The van der Waals surface area contributed by atoms with E-state index in [1.807, 2.05) is 0 Å². The minimum Gasteiger partial charge on any atom is -0.696 e. The molecule has 5 heteroatoms. The molecule has 1 heterocycles. The predicted octanol–water partition coefficient (Wildman–Crippen LogP) is 1.85. The Morgan fingerprint density at radius 1 is 1.31 bits per heavy atom. The van der Waals surface area contributed by atoms with Crippen LogP contribution in [-0.4, -0.2) is 31.2 Å². The molecule has 1 fully saturated rings. The van der Waals surface area contributed by atoms with Gasteiger partial charge in [-0.2, -0.15) is 8.78 Å². The van der Waals surface area contributed by atoms with E-state index < -0.39 is 6.55 Å². The molecule has 1 saturated heterocycles. The van der Waals surface area contributed by atoms with Crippen molar-refractivity contribution in [2.75, 3.05) is 20.1 Å². The second-order valence-corrected chi connectivity index (χ2v) is 3.54. The first-order valence-electron chi connectivity index (χ1n) is 4.20. The second-order valence-electron chi connectivity index (χ2n) is 3.36. The Labute approximate surface area is 83.1 Å². The van der Waals surface area contributed by atoms with Gasteiger partial charge in [-0.1, -0.05) is 5.40 Å². The van der Waals surface area contributed by atoms with Crippen molar-refractivity contribution in [1.29, 1.82) is 5.26 Å². The zero-order valence-electron chi connectivity index (χ0n) is 7.67. The maximum Gasteiger partial charge on any atom is 0.380 e. The summed E-state index contributed by atoms with van der Waals surface area (Å²) in [5.41, 5.74) is 0. The van der Waals surface area contributed by atoms with E-state index in [1.54, 1.807) is 7.05 Å². The van der Waals surface area contributed by atoms with Crippen LogP contribution in [0.25, 0.3) is 0 Å². The van der Waals surface area contributed by atoms with Crippen LogP contribution in [0.4, 0.5) is 8.78 Å². The summed E-state index contributed by atoms with van der Waals surface area (Å²) in [6, 6.07) is 0. The molecular weight excluding hydrogens is 194 g/mol. The van der Waals surface area contributed by atoms with Gasteiger partial charge >= 0.3 is 6.55 Å². The summed E-state index contributed by atoms with van der Waals surface area (Å²) >= 11 is 3.70. The molecular formula is C8H14F2N2S. The van der Waals surface area contributed by atoms with Crippen molar-refractivity contribution in [2.24, 2.45) is 0 Å². The molecule has 0 atom stereocenters. The van der Waals surface area contributed by atoms with Crippen LogP contribution in [0.2, 0.25) is 0 Å². The lowest BCUT2D eigenvalue weighted by Crippen LogP contribution is -2.51. The highest BCUT2D eigenvalue weighted by Gasteiger charge is 2.33. The van der Waals surface area contributed by atoms with E-state index >= 15 is 0 Å². The van der Waals surface area contributed by atoms with Gasteiger partial charge in [0.2, 0.25) is 0 Å². The van der Waals surface area contributed by atoms with E-state index in [0.29, 0.717) is 13.1 Å². The van der Waals surface area contributed by atoms with E-state index in [-0.39, 0.29) is 4.48 Å². The average molecular weight is 208 g/mol. The Morgan fingerprint density at radius 2 is 1.69 bits per heavy atom. The zero-order valence-corrected chi connectivity index (χ0v) is 8.49. The molecule has 0 aromatic rings. The molecule has 0 aliphatic carbocycles. The maximum atomic E-state index is 12.3. The lowest BCUT2D eigenvalue weighted by Gasteiger charge is -2.36. The lowest BCUT2D eigenvalue weighted by molar-refractivity contribution is -0.966. The number of hydrogen-bond acceptors (Lipinski definition) is 2. The number of piperidine rings is 1. The Kier molecular flexibility index (Phi) is 5.84. The molecule has 0 N–H and O–H groups in total. The topological polar surface area (TPSA) is 23.8 Å². The summed E-state index contributed by atoms with van der Waals surface area (Å²) in [5, 5.41) is 8.47. The zero-order chi connectivity index (χ0) is 10.3. The summed E-state index contributed by atoms with van der Waals surface area (Å²) in [5.74, 6) is 0. The van der Waals surface area contributed by atoms with Crippen LogP contribution >= 0.6 is 0 Å². The van der Waals surface area contributed by atoms with Crippen molar-refractivity contribution in [3.05, 3.63) is 0 Å². The van der Waals surface area contributed by atoms with Gasteiger partial charge in [0.1, 0.15) is 0 Å². The Hall–Kier alpha value is -0.470. The first-order chi connectivity index (χ1) is 6.06. The number of nitrogens with zero attached hydrogens (tertiary/aromatic N) is 2. The van der Waals surface area contributed by atoms with Gasteiger partial charge in [-0.3, -0.25) is 4.48 Å². The minimum atomic E-state index is -2.18. The molecule has 0 amide bonds. The SMILES string of the molecule is C[N+]1(C(F)F)CCCCC1.N#C[S-]. The third kappa shape index (κ3) is 4.34. The number of alkyl halides is 2. The Balaban J connectivity index is 0.000000424. The van der Waals surface area contributed by atoms with Gasteiger partial charge in [-0.15, -0.1) is 0 Å². The van der Waals surface area contributed by atoms with E-state index in [9.17, 15) is 8.78 Å². The Morgan fingerprint density at radius 3 is 1.92 bits per heavy atom. The molecule has 76 valence electrons. The van der Waals surface area contributed by atoms with Gasteiger partial charge in [0.15, 0.2) is 0 Å². The summed E-state index contributed by atoms with van der Waals surface area (Å²) in [6.45, 7) is -0.879. The van der Waals surface area contributed by atoms with Crippen molar-refractivity contribution in [3.8, 4) is 5.40 Å². The summed E-state index contributed by atoms with van der Waals surface area (Å²) in [4.78, 5) is 0. The van der Waals surface area contributed by atoms with E-state index in [2.05, 4.69) is 12.6 Å². The summed E-state index contributed by atoms with van der Waals surface area (Å²) < 4.78 is 24.5.